The van der Waals surface area contributed by atoms with Crippen LogP contribution in [-0.2, 0) is 0 Å². The predicted octanol–water partition coefficient (Wildman–Crippen LogP) is 2.17. The van der Waals surface area contributed by atoms with Gasteiger partial charge in [0.1, 0.15) is 0 Å². The molecular formula is C10H19N. The van der Waals surface area contributed by atoms with Gasteiger partial charge >= 0.3 is 0 Å². The summed E-state index contributed by atoms with van der Waals surface area (Å²) in [5.41, 5.74) is 0.472. The van der Waals surface area contributed by atoms with Crippen molar-refractivity contribution in [2.45, 2.75) is 52.1 Å². The Hall–Kier alpha value is -0.0400. The Morgan fingerprint density at radius 2 is 1.91 bits per heavy atom. The molecule has 1 saturated carbocycles. The molecule has 1 saturated heterocycles. The van der Waals surface area contributed by atoms with Crippen molar-refractivity contribution in [1.29, 1.82) is 0 Å². The summed E-state index contributed by atoms with van der Waals surface area (Å²) in [5.74, 6) is 0.986. The molecule has 2 fully saturated rings. The largest absolute Gasteiger partial charge is 0.310 e. The van der Waals surface area contributed by atoms with Gasteiger partial charge in [-0.05, 0) is 30.6 Å². The first-order valence-electron chi connectivity index (χ1n) is 4.83. The molecule has 64 valence electrons. The van der Waals surface area contributed by atoms with Gasteiger partial charge in [-0.25, -0.2) is 0 Å². The first kappa shape index (κ1) is 7.60. The van der Waals surface area contributed by atoms with Gasteiger partial charge in [0.15, 0.2) is 0 Å². The molecule has 1 aliphatic heterocycles. The van der Waals surface area contributed by atoms with Gasteiger partial charge in [0.2, 0.25) is 0 Å². The summed E-state index contributed by atoms with van der Waals surface area (Å²) in [6.07, 6.45) is 4.35. The lowest BCUT2D eigenvalue weighted by atomic mass is 9.79. The summed E-state index contributed by atoms with van der Waals surface area (Å²) in [5, 5.41) is 3.73. The molecule has 3 unspecified atom stereocenters. The zero-order valence-corrected chi connectivity index (χ0v) is 7.85. The lowest BCUT2D eigenvalue weighted by Gasteiger charge is -2.34. The molecule has 0 aromatic carbocycles. The number of fused-ring (bicyclic) bond motifs is 2. The molecule has 2 rings (SSSR count). The van der Waals surface area contributed by atoms with Gasteiger partial charge in [-0.2, -0.15) is 0 Å². The van der Waals surface area contributed by atoms with Gasteiger partial charge in [0, 0.05) is 12.1 Å². The minimum absolute atomic E-state index is 0.472. The molecule has 0 aromatic heterocycles. The van der Waals surface area contributed by atoms with Crippen LogP contribution in [0.3, 0.4) is 0 Å². The lowest BCUT2D eigenvalue weighted by Crippen LogP contribution is -2.44. The standard InChI is InChI=1S/C10H19N/c1-10(2,3)9-7-4-5-8(6-7)11-9/h7-9,11H,4-6H2,1-3H3. The van der Waals surface area contributed by atoms with Gasteiger partial charge in [0.05, 0.1) is 0 Å². The summed E-state index contributed by atoms with van der Waals surface area (Å²) >= 11 is 0. The summed E-state index contributed by atoms with van der Waals surface area (Å²) in [6.45, 7) is 7.06. The molecule has 0 aromatic rings. The first-order valence-corrected chi connectivity index (χ1v) is 4.83. The SMILES string of the molecule is CC(C)(C)C1NC2CCC1C2. The Labute approximate surface area is 69.6 Å². The van der Waals surface area contributed by atoms with Crippen molar-refractivity contribution in [3.8, 4) is 0 Å². The number of piperidine rings is 1. The second-order valence-electron chi connectivity index (χ2n) is 5.28. The van der Waals surface area contributed by atoms with E-state index in [0.717, 1.165) is 18.0 Å². The third-order valence-corrected chi connectivity index (χ3v) is 3.29. The Morgan fingerprint density at radius 1 is 1.18 bits per heavy atom. The van der Waals surface area contributed by atoms with E-state index in [-0.39, 0.29) is 0 Å². The van der Waals surface area contributed by atoms with E-state index in [0.29, 0.717) is 5.41 Å². The van der Waals surface area contributed by atoms with Crippen LogP contribution in [0, 0.1) is 11.3 Å². The molecule has 0 spiro atoms. The smallest absolute Gasteiger partial charge is 0.0147 e. The summed E-state index contributed by atoms with van der Waals surface area (Å²) in [7, 11) is 0. The average molecular weight is 153 g/mol. The molecule has 2 bridgehead atoms. The summed E-state index contributed by atoms with van der Waals surface area (Å²) in [6, 6.07) is 1.66. The number of hydrogen-bond acceptors (Lipinski definition) is 1. The third kappa shape index (κ3) is 1.20. The topological polar surface area (TPSA) is 12.0 Å². The van der Waals surface area contributed by atoms with E-state index in [9.17, 15) is 0 Å². The monoisotopic (exact) mass is 153 g/mol. The van der Waals surface area contributed by atoms with E-state index in [1.54, 1.807) is 0 Å². The van der Waals surface area contributed by atoms with Crippen LogP contribution in [0.1, 0.15) is 40.0 Å². The Kier molecular flexibility index (Phi) is 1.54. The maximum atomic E-state index is 3.73. The zero-order chi connectivity index (χ0) is 8.06. The fraction of sp³-hybridized carbons (Fsp3) is 1.00. The minimum Gasteiger partial charge on any atom is -0.310 e. The Morgan fingerprint density at radius 3 is 2.18 bits per heavy atom. The quantitative estimate of drug-likeness (QED) is 0.562. The van der Waals surface area contributed by atoms with Crippen molar-refractivity contribution in [2.75, 3.05) is 0 Å². The van der Waals surface area contributed by atoms with Crippen molar-refractivity contribution in [3.05, 3.63) is 0 Å². The minimum atomic E-state index is 0.472. The molecular weight excluding hydrogens is 134 g/mol. The molecule has 11 heavy (non-hydrogen) atoms. The maximum Gasteiger partial charge on any atom is 0.0147 e. The maximum absolute atomic E-state index is 3.73. The van der Waals surface area contributed by atoms with E-state index in [1.165, 1.54) is 19.3 Å². The van der Waals surface area contributed by atoms with Gasteiger partial charge in [-0.15, -0.1) is 0 Å². The van der Waals surface area contributed by atoms with Gasteiger partial charge in [-0.3, -0.25) is 0 Å². The van der Waals surface area contributed by atoms with Crippen LogP contribution in [-0.4, -0.2) is 12.1 Å². The van der Waals surface area contributed by atoms with E-state index in [4.69, 9.17) is 0 Å². The molecule has 1 heterocycles. The molecule has 0 radical (unpaired) electrons. The highest BCUT2D eigenvalue weighted by Crippen LogP contribution is 2.41. The summed E-state index contributed by atoms with van der Waals surface area (Å²) in [4.78, 5) is 0. The van der Waals surface area contributed by atoms with Crippen molar-refractivity contribution in [2.24, 2.45) is 11.3 Å². The Bertz CT molecular complexity index is 157. The highest BCUT2D eigenvalue weighted by atomic mass is 15.0. The van der Waals surface area contributed by atoms with Crippen LogP contribution >= 0.6 is 0 Å². The van der Waals surface area contributed by atoms with E-state index >= 15 is 0 Å². The second kappa shape index (κ2) is 2.22. The normalized spacial score (nSPS) is 43.4. The Balaban J connectivity index is 2.08. The van der Waals surface area contributed by atoms with Crippen LogP contribution < -0.4 is 5.32 Å². The van der Waals surface area contributed by atoms with Crippen molar-refractivity contribution in [1.82, 2.24) is 5.32 Å². The lowest BCUT2D eigenvalue weighted by molar-refractivity contribution is 0.211. The number of hydrogen-bond donors (Lipinski definition) is 1. The predicted molar refractivity (Wildman–Crippen MR) is 47.5 cm³/mol. The fourth-order valence-electron chi connectivity index (χ4n) is 2.82. The van der Waals surface area contributed by atoms with Crippen molar-refractivity contribution >= 4 is 0 Å². The molecule has 0 amide bonds. The second-order valence-corrected chi connectivity index (χ2v) is 5.28. The molecule has 1 heteroatoms. The van der Waals surface area contributed by atoms with Crippen molar-refractivity contribution in [3.63, 3.8) is 0 Å². The molecule has 1 nitrogen and oxygen atoms in total. The molecule has 1 N–H and O–H groups in total. The average Bonchev–Trinajstić information content (AvgIpc) is 2.42. The molecule has 1 aliphatic carbocycles. The van der Waals surface area contributed by atoms with Gasteiger partial charge in [-0.1, -0.05) is 20.8 Å². The van der Waals surface area contributed by atoms with Crippen LogP contribution in [0.15, 0.2) is 0 Å². The van der Waals surface area contributed by atoms with Crippen LogP contribution in [0.25, 0.3) is 0 Å². The van der Waals surface area contributed by atoms with E-state index in [2.05, 4.69) is 26.1 Å². The van der Waals surface area contributed by atoms with Gasteiger partial charge in [0.25, 0.3) is 0 Å². The van der Waals surface area contributed by atoms with Gasteiger partial charge < -0.3 is 5.32 Å². The van der Waals surface area contributed by atoms with E-state index in [1.807, 2.05) is 0 Å². The number of rotatable bonds is 0. The summed E-state index contributed by atoms with van der Waals surface area (Å²) < 4.78 is 0. The highest BCUT2D eigenvalue weighted by Gasteiger charge is 2.43. The highest BCUT2D eigenvalue weighted by molar-refractivity contribution is 5.01. The first-order chi connectivity index (χ1) is 5.07. The molecule has 2 aliphatic rings. The zero-order valence-electron chi connectivity index (χ0n) is 7.85. The molecule has 3 atom stereocenters. The van der Waals surface area contributed by atoms with Crippen LogP contribution in [0.5, 0.6) is 0 Å². The number of nitrogens with one attached hydrogen (secondary N) is 1. The fourth-order valence-corrected chi connectivity index (χ4v) is 2.82. The van der Waals surface area contributed by atoms with Crippen LogP contribution in [0.2, 0.25) is 0 Å². The van der Waals surface area contributed by atoms with E-state index < -0.39 is 0 Å². The third-order valence-electron chi connectivity index (χ3n) is 3.29. The van der Waals surface area contributed by atoms with Crippen LogP contribution in [0.4, 0.5) is 0 Å². The van der Waals surface area contributed by atoms with Crippen molar-refractivity contribution < 1.29 is 0 Å².